The summed E-state index contributed by atoms with van der Waals surface area (Å²) in [6.45, 7) is 3.20. The van der Waals surface area contributed by atoms with Gasteiger partial charge in [0.15, 0.2) is 0 Å². The Morgan fingerprint density at radius 3 is 2.52 bits per heavy atom. The van der Waals surface area contributed by atoms with E-state index in [1.807, 2.05) is 37.3 Å². The molecule has 5 amide bonds. The monoisotopic (exact) mass is 873 g/mol. The molecule has 2 aromatic heterocycles. The van der Waals surface area contributed by atoms with E-state index in [1.54, 1.807) is 12.0 Å². The van der Waals surface area contributed by atoms with Crippen LogP contribution in [0.15, 0.2) is 35.7 Å². The SMILES string of the molecule is COc1ccc2c(OC3CC4C(=O)NC5(C(=O)NS(=O)(=O)C6CC6)CC5C=CCCCCCC(NC(=O)N5CCCCC5)C(=O)N4C3)cc(-c3nc(C4CC4)cs3)nc2c1C. The van der Waals surface area contributed by atoms with Crippen LogP contribution in [-0.2, 0) is 24.4 Å². The van der Waals surface area contributed by atoms with Crippen molar-refractivity contribution in [2.24, 2.45) is 5.92 Å². The summed E-state index contributed by atoms with van der Waals surface area (Å²) in [4.78, 5) is 70.3. The summed E-state index contributed by atoms with van der Waals surface area (Å²) in [6, 6.07) is 3.34. The molecule has 0 spiro atoms. The molecule has 9 rings (SSSR count). The summed E-state index contributed by atoms with van der Waals surface area (Å²) in [5.41, 5.74) is 1.71. The average Bonchev–Trinajstić information content (AvgIpc) is 4.21. The Morgan fingerprint density at radius 2 is 1.77 bits per heavy atom. The number of likely N-dealkylation sites (tertiary alicyclic amines) is 1. The number of aryl methyl sites for hydroxylation is 1. The Hall–Kier alpha value is -4.77. The highest BCUT2D eigenvalue weighted by atomic mass is 32.2. The molecule has 326 valence electrons. The van der Waals surface area contributed by atoms with Crippen LogP contribution in [0, 0.1) is 12.8 Å². The first-order valence-electron chi connectivity index (χ1n) is 22.0. The topological polar surface area (TPSA) is 189 Å². The number of carbonyl (C=O) groups excluding carboxylic acids is 4. The molecule has 5 fully saturated rings. The number of carbonyl (C=O) groups is 4. The molecule has 5 heterocycles. The third-order valence-corrected chi connectivity index (χ3v) is 15.9. The smallest absolute Gasteiger partial charge is 0.318 e. The molecule has 0 radical (unpaired) electrons. The zero-order valence-corrected chi connectivity index (χ0v) is 36.5. The Labute approximate surface area is 360 Å². The fraction of sp³-hybridized carbons (Fsp3) is 0.591. The van der Waals surface area contributed by atoms with Crippen LogP contribution in [0.4, 0.5) is 4.79 Å². The number of fused-ring (bicyclic) bond motifs is 3. The lowest BCUT2D eigenvalue weighted by molar-refractivity contribution is -0.141. The minimum atomic E-state index is -3.90. The lowest BCUT2D eigenvalue weighted by Gasteiger charge is -2.32. The van der Waals surface area contributed by atoms with Gasteiger partial charge in [-0.2, -0.15) is 0 Å². The number of aromatic nitrogens is 2. The summed E-state index contributed by atoms with van der Waals surface area (Å²) in [5, 5.41) is 8.95. The third-order valence-electron chi connectivity index (χ3n) is 13.2. The highest BCUT2D eigenvalue weighted by Gasteiger charge is 2.62. The molecule has 0 bridgehead atoms. The Morgan fingerprint density at radius 1 is 0.984 bits per heavy atom. The van der Waals surface area contributed by atoms with E-state index in [-0.39, 0.29) is 25.4 Å². The number of urea groups is 1. The van der Waals surface area contributed by atoms with Gasteiger partial charge in [0.1, 0.15) is 45.9 Å². The highest BCUT2D eigenvalue weighted by Crippen LogP contribution is 2.47. The maximum absolute atomic E-state index is 14.9. The van der Waals surface area contributed by atoms with Crippen molar-refractivity contribution in [1.82, 2.24) is 35.1 Å². The van der Waals surface area contributed by atoms with Gasteiger partial charge in [-0.3, -0.25) is 19.1 Å². The van der Waals surface area contributed by atoms with Crippen LogP contribution in [0.3, 0.4) is 0 Å². The number of rotatable bonds is 9. The molecule has 5 unspecified atom stereocenters. The predicted molar refractivity (Wildman–Crippen MR) is 230 cm³/mol. The van der Waals surface area contributed by atoms with Crippen LogP contribution in [0.1, 0.15) is 107 Å². The first-order chi connectivity index (χ1) is 29.4. The van der Waals surface area contributed by atoms with E-state index in [4.69, 9.17) is 19.4 Å². The normalized spacial score (nSPS) is 27.3. The number of hydrogen-bond acceptors (Lipinski definition) is 11. The molecule has 3 saturated carbocycles. The van der Waals surface area contributed by atoms with Crippen LogP contribution < -0.4 is 24.8 Å². The minimum absolute atomic E-state index is 0.0307. The van der Waals surface area contributed by atoms with Crippen LogP contribution in [-0.4, -0.2) is 108 Å². The lowest BCUT2D eigenvalue weighted by atomic mass is 10.0. The van der Waals surface area contributed by atoms with E-state index in [9.17, 15) is 27.6 Å². The molecule has 3 N–H and O–H groups in total. The molecule has 17 heteroatoms. The second-order valence-electron chi connectivity index (χ2n) is 17.7. The minimum Gasteiger partial charge on any atom is -0.496 e. The van der Waals surface area contributed by atoms with Gasteiger partial charge in [0.2, 0.25) is 21.8 Å². The zero-order chi connectivity index (χ0) is 42.5. The van der Waals surface area contributed by atoms with E-state index in [2.05, 4.69) is 20.7 Å². The molecule has 3 aliphatic carbocycles. The highest BCUT2D eigenvalue weighted by molar-refractivity contribution is 7.91. The number of thiazole rings is 1. The number of sulfonamides is 1. The summed E-state index contributed by atoms with van der Waals surface area (Å²) >= 11 is 1.53. The number of methoxy groups -OCH3 is 1. The van der Waals surface area contributed by atoms with Crippen LogP contribution in [0.25, 0.3) is 21.6 Å². The largest absolute Gasteiger partial charge is 0.496 e. The van der Waals surface area contributed by atoms with Gasteiger partial charge < -0.3 is 29.9 Å². The summed E-state index contributed by atoms with van der Waals surface area (Å²) in [6.07, 6.45) is 13.0. The molecule has 61 heavy (non-hydrogen) atoms. The average molecular weight is 874 g/mol. The van der Waals surface area contributed by atoms with Crippen molar-refractivity contribution in [2.45, 2.75) is 132 Å². The predicted octanol–water partition coefficient (Wildman–Crippen LogP) is 5.47. The fourth-order valence-electron chi connectivity index (χ4n) is 9.14. The van der Waals surface area contributed by atoms with E-state index >= 15 is 0 Å². The van der Waals surface area contributed by atoms with Crippen molar-refractivity contribution in [3.8, 4) is 22.2 Å². The molecular formula is C44H55N7O8S2. The van der Waals surface area contributed by atoms with Gasteiger partial charge >= 0.3 is 6.03 Å². The molecule has 1 aromatic carbocycles. The molecule has 5 atom stereocenters. The van der Waals surface area contributed by atoms with Gasteiger partial charge in [-0.15, -0.1) is 11.3 Å². The van der Waals surface area contributed by atoms with Crippen molar-refractivity contribution in [2.75, 3.05) is 26.7 Å². The number of benzene rings is 1. The molecule has 15 nitrogen and oxygen atoms in total. The number of nitrogens with zero attached hydrogens (tertiary/aromatic N) is 4. The first-order valence-corrected chi connectivity index (χ1v) is 24.4. The standard InChI is InChI=1S/C44H55N7O8S2/c1-26-36(58-2)18-17-31-37(22-33(45-38(26)31)40-46-34(25-60-40)27-13-14-27)59-29-21-35-39(52)48-44(42(54)49-61(56,57)30-15-16-30)23-28(44)11-7-4-3-5-8-12-32(41(53)51(35)24-29)47-43(55)50-19-9-6-10-20-50/h7,11,17-18,22,25,27-30,32,35H,3-6,8-10,12-16,19-21,23-24H2,1-2H3,(H,47,55)(H,48,52)(H,49,54). The van der Waals surface area contributed by atoms with Crippen LogP contribution in [0.5, 0.6) is 11.5 Å². The number of pyridine rings is 1. The quantitative estimate of drug-likeness (QED) is 0.233. The summed E-state index contributed by atoms with van der Waals surface area (Å²) in [7, 11) is -2.29. The van der Waals surface area contributed by atoms with Gasteiger partial charge in [0, 0.05) is 53.7 Å². The number of ether oxygens (including phenoxy) is 2. The van der Waals surface area contributed by atoms with E-state index in [0.29, 0.717) is 67.4 Å². The van der Waals surface area contributed by atoms with Gasteiger partial charge in [-0.25, -0.2) is 23.2 Å². The molecule has 3 aromatic rings. The number of allylic oxidation sites excluding steroid dienone is 1. The Kier molecular flexibility index (Phi) is 11.5. The van der Waals surface area contributed by atoms with Crippen LogP contribution in [0.2, 0.25) is 0 Å². The van der Waals surface area contributed by atoms with E-state index in [0.717, 1.165) is 73.0 Å². The van der Waals surface area contributed by atoms with E-state index in [1.165, 1.54) is 16.2 Å². The fourth-order valence-corrected chi connectivity index (χ4v) is 11.4. The van der Waals surface area contributed by atoms with Crippen molar-refractivity contribution >= 4 is 56.0 Å². The third kappa shape index (κ3) is 8.69. The van der Waals surface area contributed by atoms with Crippen molar-refractivity contribution in [1.29, 1.82) is 0 Å². The Bertz CT molecular complexity index is 2360. The summed E-state index contributed by atoms with van der Waals surface area (Å²) < 4.78 is 40.8. The van der Waals surface area contributed by atoms with Crippen molar-refractivity contribution in [3.05, 3.63) is 47.0 Å². The van der Waals surface area contributed by atoms with Gasteiger partial charge in [-0.05, 0) is 89.7 Å². The second-order valence-corrected chi connectivity index (χ2v) is 20.5. The molecule has 3 aliphatic heterocycles. The van der Waals surface area contributed by atoms with Crippen molar-refractivity contribution in [3.63, 3.8) is 0 Å². The number of piperidine rings is 1. The summed E-state index contributed by atoms with van der Waals surface area (Å²) in [5.74, 6) is -0.514. The first kappa shape index (κ1) is 41.6. The maximum atomic E-state index is 14.9. The van der Waals surface area contributed by atoms with Crippen LogP contribution >= 0.6 is 11.3 Å². The maximum Gasteiger partial charge on any atom is 0.318 e. The van der Waals surface area contributed by atoms with E-state index < -0.39 is 62.6 Å². The second kappa shape index (κ2) is 16.8. The molecule has 6 aliphatic rings. The van der Waals surface area contributed by atoms with Crippen molar-refractivity contribution < 1.29 is 37.1 Å². The van der Waals surface area contributed by atoms with Gasteiger partial charge in [0.05, 0.1) is 30.1 Å². The zero-order valence-electron chi connectivity index (χ0n) is 34.8. The molecule has 2 saturated heterocycles. The molecular weight excluding hydrogens is 819 g/mol. The van der Waals surface area contributed by atoms with Gasteiger partial charge in [0.25, 0.3) is 5.91 Å². The number of amides is 5. The van der Waals surface area contributed by atoms with Gasteiger partial charge in [-0.1, -0.05) is 25.0 Å². The number of hydrogen-bond donors (Lipinski definition) is 3. The number of nitrogens with one attached hydrogen (secondary N) is 3. The Balaban J connectivity index is 1.05. The lowest BCUT2D eigenvalue weighted by Crippen LogP contribution is -2.59.